The normalized spacial score (nSPS) is 10.5. The SMILES string of the molecule is CCCCOc1ccccc1/C=N/NC(=O)CNC(=O)c1ccc(OC)c(OC)c1. The second kappa shape index (κ2) is 12.1. The quantitative estimate of drug-likeness (QED) is 0.335. The van der Waals surface area contributed by atoms with Gasteiger partial charge in [0.25, 0.3) is 11.8 Å². The van der Waals surface area contributed by atoms with Crippen LogP contribution in [0.1, 0.15) is 35.7 Å². The molecule has 0 heterocycles. The number of hydrogen-bond donors (Lipinski definition) is 2. The molecule has 0 aliphatic rings. The molecule has 0 saturated carbocycles. The molecular weight excluding hydrogens is 386 g/mol. The topological polar surface area (TPSA) is 98.2 Å². The number of rotatable bonds is 11. The zero-order chi connectivity index (χ0) is 21.8. The van der Waals surface area contributed by atoms with Crippen LogP contribution in [0.25, 0.3) is 0 Å². The van der Waals surface area contributed by atoms with Crippen molar-refractivity contribution in [2.75, 3.05) is 27.4 Å². The fourth-order valence-corrected chi connectivity index (χ4v) is 2.50. The number of benzene rings is 2. The fraction of sp³-hybridized carbons (Fsp3) is 0.318. The van der Waals surface area contributed by atoms with Crippen molar-refractivity contribution in [2.24, 2.45) is 5.10 Å². The molecule has 160 valence electrons. The van der Waals surface area contributed by atoms with Crippen LogP contribution in [0.15, 0.2) is 47.6 Å². The van der Waals surface area contributed by atoms with E-state index in [4.69, 9.17) is 14.2 Å². The van der Waals surface area contributed by atoms with Crippen LogP contribution in [0.2, 0.25) is 0 Å². The maximum Gasteiger partial charge on any atom is 0.259 e. The lowest BCUT2D eigenvalue weighted by Gasteiger charge is -2.10. The van der Waals surface area contributed by atoms with E-state index in [0.29, 0.717) is 29.4 Å². The molecule has 0 saturated heterocycles. The zero-order valence-corrected chi connectivity index (χ0v) is 17.4. The molecule has 2 N–H and O–H groups in total. The molecule has 8 heteroatoms. The molecule has 2 amide bonds. The monoisotopic (exact) mass is 413 g/mol. The van der Waals surface area contributed by atoms with Crippen LogP contribution >= 0.6 is 0 Å². The third kappa shape index (κ3) is 6.80. The number of hydrazone groups is 1. The summed E-state index contributed by atoms with van der Waals surface area (Å²) < 4.78 is 16.0. The van der Waals surface area contributed by atoms with Crippen LogP contribution in [0, 0.1) is 0 Å². The molecule has 2 aromatic rings. The number of para-hydroxylation sites is 1. The third-order valence-electron chi connectivity index (χ3n) is 4.12. The first-order chi connectivity index (χ1) is 14.6. The molecule has 0 unspecified atom stereocenters. The average Bonchev–Trinajstić information content (AvgIpc) is 2.78. The van der Waals surface area contributed by atoms with Gasteiger partial charge in [-0.05, 0) is 36.8 Å². The molecule has 30 heavy (non-hydrogen) atoms. The Kier molecular flexibility index (Phi) is 9.18. The van der Waals surface area contributed by atoms with Crippen LogP contribution in [0.4, 0.5) is 0 Å². The van der Waals surface area contributed by atoms with Crippen LogP contribution in [0.3, 0.4) is 0 Å². The number of amides is 2. The molecule has 0 bridgehead atoms. The van der Waals surface area contributed by atoms with Gasteiger partial charge < -0.3 is 19.5 Å². The molecule has 2 rings (SSSR count). The van der Waals surface area contributed by atoms with Crippen molar-refractivity contribution in [2.45, 2.75) is 19.8 Å². The minimum atomic E-state index is -0.454. The van der Waals surface area contributed by atoms with Gasteiger partial charge >= 0.3 is 0 Å². The Balaban J connectivity index is 1.86. The van der Waals surface area contributed by atoms with E-state index in [0.717, 1.165) is 18.4 Å². The molecule has 0 fully saturated rings. The van der Waals surface area contributed by atoms with Crippen LogP contribution in [-0.2, 0) is 4.79 Å². The molecule has 8 nitrogen and oxygen atoms in total. The van der Waals surface area contributed by atoms with Crippen molar-refractivity contribution in [1.29, 1.82) is 0 Å². The second-order valence-corrected chi connectivity index (χ2v) is 6.29. The predicted octanol–water partition coefficient (Wildman–Crippen LogP) is 2.76. The van der Waals surface area contributed by atoms with Crippen molar-refractivity contribution in [3.8, 4) is 17.2 Å². The highest BCUT2D eigenvalue weighted by atomic mass is 16.5. The van der Waals surface area contributed by atoms with E-state index in [1.807, 2.05) is 24.3 Å². The van der Waals surface area contributed by atoms with Crippen molar-refractivity contribution in [3.63, 3.8) is 0 Å². The maximum absolute atomic E-state index is 12.2. The molecule has 0 atom stereocenters. The smallest absolute Gasteiger partial charge is 0.259 e. The summed E-state index contributed by atoms with van der Waals surface area (Å²) in [6.45, 7) is 2.49. The number of methoxy groups -OCH3 is 2. The third-order valence-corrected chi connectivity index (χ3v) is 4.12. The zero-order valence-electron chi connectivity index (χ0n) is 17.4. The Hall–Kier alpha value is -3.55. The molecule has 2 aromatic carbocycles. The Morgan fingerprint density at radius 3 is 2.53 bits per heavy atom. The van der Waals surface area contributed by atoms with Crippen molar-refractivity contribution in [3.05, 3.63) is 53.6 Å². The first kappa shape index (κ1) is 22.7. The Morgan fingerprint density at radius 2 is 1.80 bits per heavy atom. The first-order valence-corrected chi connectivity index (χ1v) is 9.63. The number of carbonyl (C=O) groups is 2. The summed E-state index contributed by atoms with van der Waals surface area (Å²) in [6, 6.07) is 12.2. The number of ether oxygens (including phenoxy) is 3. The van der Waals surface area contributed by atoms with Crippen molar-refractivity contribution in [1.82, 2.24) is 10.7 Å². The van der Waals surface area contributed by atoms with Gasteiger partial charge in [-0.2, -0.15) is 5.10 Å². The van der Waals surface area contributed by atoms with E-state index in [1.54, 1.807) is 18.2 Å². The van der Waals surface area contributed by atoms with Gasteiger partial charge in [-0.25, -0.2) is 5.43 Å². The van der Waals surface area contributed by atoms with Gasteiger partial charge in [-0.1, -0.05) is 25.5 Å². The number of unbranched alkanes of at least 4 members (excludes halogenated alkanes) is 1. The van der Waals surface area contributed by atoms with E-state index in [9.17, 15) is 9.59 Å². The highest BCUT2D eigenvalue weighted by Gasteiger charge is 2.11. The lowest BCUT2D eigenvalue weighted by Crippen LogP contribution is -2.34. The van der Waals surface area contributed by atoms with Gasteiger partial charge in [0, 0.05) is 11.1 Å². The first-order valence-electron chi connectivity index (χ1n) is 9.63. The molecular formula is C22H27N3O5. The lowest BCUT2D eigenvalue weighted by atomic mass is 10.2. The standard InChI is InChI=1S/C22H27N3O5/c1-4-5-12-30-18-9-7-6-8-17(18)14-24-25-21(26)15-23-22(27)16-10-11-19(28-2)20(13-16)29-3/h6-11,13-14H,4-5,12,15H2,1-3H3,(H,23,27)(H,25,26)/b24-14+. The Bertz CT molecular complexity index is 883. The van der Waals surface area contributed by atoms with Crippen molar-refractivity contribution < 1.29 is 23.8 Å². The predicted molar refractivity (Wildman–Crippen MR) is 114 cm³/mol. The number of nitrogens with zero attached hydrogens (tertiary/aromatic N) is 1. The average molecular weight is 413 g/mol. The molecule has 0 spiro atoms. The van der Waals surface area contributed by atoms with Crippen LogP contribution < -0.4 is 25.0 Å². The second-order valence-electron chi connectivity index (χ2n) is 6.29. The lowest BCUT2D eigenvalue weighted by molar-refractivity contribution is -0.120. The van der Waals surface area contributed by atoms with Gasteiger partial charge in [0.15, 0.2) is 11.5 Å². The molecule has 0 aliphatic heterocycles. The minimum absolute atomic E-state index is 0.223. The number of nitrogens with one attached hydrogen (secondary N) is 2. The summed E-state index contributed by atoms with van der Waals surface area (Å²) in [4.78, 5) is 24.2. The van der Waals surface area contributed by atoms with Gasteiger partial charge in [0.2, 0.25) is 0 Å². The molecule has 0 radical (unpaired) electrons. The summed E-state index contributed by atoms with van der Waals surface area (Å²) in [5, 5.41) is 6.47. The summed E-state index contributed by atoms with van der Waals surface area (Å²) in [5.41, 5.74) is 3.49. The minimum Gasteiger partial charge on any atom is -0.493 e. The summed E-state index contributed by atoms with van der Waals surface area (Å²) in [7, 11) is 3.00. The maximum atomic E-state index is 12.2. The fourth-order valence-electron chi connectivity index (χ4n) is 2.50. The summed E-state index contributed by atoms with van der Waals surface area (Å²) >= 11 is 0. The van der Waals surface area contributed by atoms with E-state index in [-0.39, 0.29) is 6.54 Å². The Morgan fingerprint density at radius 1 is 1.03 bits per heavy atom. The van der Waals surface area contributed by atoms with Crippen LogP contribution in [0.5, 0.6) is 17.2 Å². The Labute approximate surface area is 176 Å². The molecule has 0 aliphatic carbocycles. The highest BCUT2D eigenvalue weighted by Crippen LogP contribution is 2.27. The van der Waals surface area contributed by atoms with E-state index >= 15 is 0 Å². The van der Waals surface area contributed by atoms with E-state index in [1.165, 1.54) is 20.4 Å². The van der Waals surface area contributed by atoms with Gasteiger partial charge in [-0.3, -0.25) is 9.59 Å². The summed E-state index contributed by atoms with van der Waals surface area (Å²) in [6.07, 6.45) is 3.51. The van der Waals surface area contributed by atoms with Gasteiger partial charge in [-0.15, -0.1) is 0 Å². The van der Waals surface area contributed by atoms with Crippen LogP contribution in [-0.4, -0.2) is 45.4 Å². The number of hydrogen-bond acceptors (Lipinski definition) is 6. The largest absolute Gasteiger partial charge is 0.493 e. The highest BCUT2D eigenvalue weighted by molar-refractivity contribution is 5.97. The number of carbonyl (C=O) groups excluding carboxylic acids is 2. The van der Waals surface area contributed by atoms with E-state index in [2.05, 4.69) is 22.8 Å². The molecule has 0 aromatic heterocycles. The van der Waals surface area contributed by atoms with Gasteiger partial charge in [0.1, 0.15) is 5.75 Å². The summed E-state index contributed by atoms with van der Waals surface area (Å²) in [5.74, 6) is 0.777. The van der Waals surface area contributed by atoms with Gasteiger partial charge in [0.05, 0.1) is 33.6 Å². The van der Waals surface area contributed by atoms with Crippen molar-refractivity contribution >= 4 is 18.0 Å². The van der Waals surface area contributed by atoms with E-state index < -0.39 is 11.8 Å².